The van der Waals surface area contributed by atoms with Crippen molar-refractivity contribution in [3.05, 3.63) is 34.9 Å². The molecule has 2 rings (SSSR count). The van der Waals surface area contributed by atoms with E-state index in [9.17, 15) is 0 Å². The minimum absolute atomic E-state index is 0.484. The molecule has 3 N–H and O–H groups in total. The number of rotatable bonds is 10. The van der Waals surface area contributed by atoms with Crippen LogP contribution in [0.15, 0.2) is 34.9 Å². The molecule has 1 unspecified atom stereocenters. The maximum absolute atomic E-state index is 5.76. The number of hydrogen-bond acceptors (Lipinski definition) is 5. The van der Waals surface area contributed by atoms with Gasteiger partial charge < -0.3 is 24.3 Å². The molecule has 2 aliphatic rings. The highest BCUT2D eigenvalue weighted by atomic mass is 28.4. The Hall–Kier alpha value is -0.763. The monoisotopic (exact) mass is 310 g/mol. The smallest absolute Gasteiger partial charge is 0.377 e. The molecule has 0 saturated heterocycles. The van der Waals surface area contributed by atoms with E-state index in [0.717, 1.165) is 25.6 Å². The Morgan fingerprint density at radius 3 is 2.48 bits per heavy atom. The molecule has 0 radical (unpaired) electrons. The van der Waals surface area contributed by atoms with Crippen LogP contribution in [0.1, 0.15) is 6.42 Å². The Balaban J connectivity index is 1.70. The SMILES string of the molecule is CO[Si](CCCNCC1C2=CC(CN)=C1C=C2)(OC)OC. The summed E-state index contributed by atoms with van der Waals surface area (Å²) in [4.78, 5) is 0. The average molecular weight is 310 g/mol. The van der Waals surface area contributed by atoms with Crippen molar-refractivity contribution in [2.24, 2.45) is 11.7 Å². The summed E-state index contributed by atoms with van der Waals surface area (Å²) >= 11 is 0. The minimum atomic E-state index is -2.42. The molecule has 0 heterocycles. The van der Waals surface area contributed by atoms with Gasteiger partial charge in [-0.05, 0) is 29.7 Å². The van der Waals surface area contributed by atoms with Crippen LogP contribution in [0.4, 0.5) is 0 Å². The predicted octanol–water partition coefficient (Wildman–Crippen LogP) is 1.23. The molecule has 2 aliphatic carbocycles. The summed E-state index contributed by atoms with van der Waals surface area (Å²) in [7, 11) is 2.54. The van der Waals surface area contributed by atoms with Crippen molar-refractivity contribution in [1.82, 2.24) is 5.32 Å². The molecule has 5 nitrogen and oxygen atoms in total. The van der Waals surface area contributed by atoms with Gasteiger partial charge in [-0.15, -0.1) is 0 Å². The Labute approximate surface area is 128 Å². The van der Waals surface area contributed by atoms with Gasteiger partial charge in [0.2, 0.25) is 0 Å². The topological polar surface area (TPSA) is 65.7 Å². The van der Waals surface area contributed by atoms with E-state index < -0.39 is 8.80 Å². The number of nitrogens with one attached hydrogen (secondary N) is 1. The van der Waals surface area contributed by atoms with Gasteiger partial charge in [0.05, 0.1) is 0 Å². The largest absolute Gasteiger partial charge is 0.500 e. The first-order chi connectivity index (χ1) is 10.2. The fourth-order valence-electron chi connectivity index (χ4n) is 3.00. The second-order valence-electron chi connectivity index (χ2n) is 5.32. The van der Waals surface area contributed by atoms with Crippen molar-refractivity contribution < 1.29 is 13.3 Å². The maximum atomic E-state index is 5.76. The van der Waals surface area contributed by atoms with Gasteiger partial charge in [-0.1, -0.05) is 18.2 Å². The van der Waals surface area contributed by atoms with E-state index in [2.05, 4.69) is 23.5 Å². The van der Waals surface area contributed by atoms with Crippen molar-refractivity contribution >= 4 is 8.80 Å². The highest BCUT2D eigenvalue weighted by Gasteiger charge is 2.36. The summed E-state index contributed by atoms with van der Waals surface area (Å²) in [6.07, 6.45) is 7.59. The van der Waals surface area contributed by atoms with Crippen LogP contribution in [0.3, 0.4) is 0 Å². The lowest BCUT2D eigenvalue weighted by Crippen LogP contribution is -2.43. The lowest BCUT2D eigenvalue weighted by molar-refractivity contribution is 0.123. The highest BCUT2D eigenvalue weighted by Crippen LogP contribution is 2.38. The van der Waals surface area contributed by atoms with Crippen LogP contribution in [0.25, 0.3) is 0 Å². The molecular weight excluding hydrogens is 284 g/mol. The number of fused-ring (bicyclic) bond motifs is 2. The van der Waals surface area contributed by atoms with Crippen LogP contribution in [0, 0.1) is 5.92 Å². The molecule has 0 aliphatic heterocycles. The normalized spacial score (nSPS) is 20.6. The van der Waals surface area contributed by atoms with Gasteiger partial charge in [0.15, 0.2) is 0 Å². The molecule has 118 valence electrons. The van der Waals surface area contributed by atoms with E-state index in [1.807, 2.05) is 0 Å². The quantitative estimate of drug-likeness (QED) is 0.469. The van der Waals surface area contributed by atoms with E-state index in [1.54, 1.807) is 21.3 Å². The van der Waals surface area contributed by atoms with Gasteiger partial charge in [-0.2, -0.15) is 0 Å². The molecule has 0 fully saturated rings. The van der Waals surface area contributed by atoms with Gasteiger partial charge in [0, 0.05) is 46.4 Å². The molecule has 1 atom stereocenters. The summed E-state index contributed by atoms with van der Waals surface area (Å²) in [5, 5.41) is 3.52. The number of nitrogens with two attached hydrogens (primary N) is 1. The average Bonchev–Trinajstić information content (AvgIpc) is 3.08. The second-order valence-corrected chi connectivity index (χ2v) is 8.41. The lowest BCUT2D eigenvalue weighted by atomic mass is 10.0. The van der Waals surface area contributed by atoms with Crippen LogP contribution in [0.2, 0.25) is 6.04 Å². The minimum Gasteiger partial charge on any atom is -0.377 e. The Morgan fingerprint density at radius 2 is 1.90 bits per heavy atom. The van der Waals surface area contributed by atoms with Gasteiger partial charge in [-0.25, -0.2) is 0 Å². The zero-order chi connectivity index (χ0) is 15.3. The first-order valence-corrected chi connectivity index (χ1v) is 9.32. The van der Waals surface area contributed by atoms with E-state index in [-0.39, 0.29) is 0 Å². The van der Waals surface area contributed by atoms with Crippen molar-refractivity contribution in [1.29, 1.82) is 0 Å². The fraction of sp³-hybridized carbons (Fsp3) is 0.600. The van der Waals surface area contributed by atoms with Gasteiger partial charge >= 0.3 is 8.80 Å². The van der Waals surface area contributed by atoms with Gasteiger partial charge in [-0.3, -0.25) is 0 Å². The molecule has 0 spiro atoms. The third-order valence-corrected chi connectivity index (χ3v) is 7.11. The molecular formula is C15H26N2O3Si. The summed E-state index contributed by atoms with van der Waals surface area (Å²) in [6, 6.07) is 0.825. The predicted molar refractivity (Wildman–Crippen MR) is 85.9 cm³/mol. The third kappa shape index (κ3) is 3.53. The summed E-state index contributed by atoms with van der Waals surface area (Å²) in [5.41, 5.74) is 9.81. The first kappa shape index (κ1) is 16.6. The lowest BCUT2D eigenvalue weighted by Gasteiger charge is -2.24. The molecule has 0 aromatic rings. The van der Waals surface area contributed by atoms with Crippen LogP contribution in [-0.2, 0) is 13.3 Å². The number of hydrogen-bond donors (Lipinski definition) is 2. The molecule has 0 aromatic heterocycles. The van der Waals surface area contributed by atoms with Crippen molar-refractivity contribution in [2.75, 3.05) is 41.0 Å². The van der Waals surface area contributed by atoms with Crippen LogP contribution < -0.4 is 11.1 Å². The molecule has 0 amide bonds. The van der Waals surface area contributed by atoms with E-state index in [1.165, 1.54) is 16.7 Å². The van der Waals surface area contributed by atoms with Crippen molar-refractivity contribution in [2.45, 2.75) is 12.5 Å². The maximum Gasteiger partial charge on any atom is 0.500 e. The summed E-state index contributed by atoms with van der Waals surface area (Å²) in [5.74, 6) is 0.484. The summed E-state index contributed by atoms with van der Waals surface area (Å²) < 4.78 is 16.2. The Morgan fingerprint density at radius 1 is 1.19 bits per heavy atom. The Kier molecular flexibility index (Phi) is 5.92. The standard InChI is InChI=1S/C15H26N2O3Si/c1-18-21(19-2,20-3)8-4-7-17-11-15-12-5-6-14(15)13(9-12)10-16/h5-6,9,15,17H,4,7-8,10-11,16H2,1-3H3. The summed E-state index contributed by atoms with van der Waals surface area (Å²) in [6.45, 7) is 2.52. The van der Waals surface area contributed by atoms with Gasteiger partial charge in [0.25, 0.3) is 0 Å². The van der Waals surface area contributed by atoms with Crippen LogP contribution in [-0.4, -0.2) is 49.8 Å². The molecule has 0 saturated carbocycles. The van der Waals surface area contributed by atoms with Crippen molar-refractivity contribution in [3.63, 3.8) is 0 Å². The van der Waals surface area contributed by atoms with Crippen LogP contribution in [0.5, 0.6) is 0 Å². The van der Waals surface area contributed by atoms with E-state index in [0.29, 0.717) is 12.5 Å². The van der Waals surface area contributed by atoms with Crippen LogP contribution >= 0.6 is 0 Å². The Bertz CT molecular complexity index is 448. The zero-order valence-electron chi connectivity index (χ0n) is 13.1. The van der Waals surface area contributed by atoms with E-state index in [4.69, 9.17) is 19.0 Å². The third-order valence-electron chi connectivity index (χ3n) is 4.28. The molecule has 2 bridgehead atoms. The second kappa shape index (κ2) is 7.48. The number of allylic oxidation sites excluding steroid dienone is 2. The fourth-order valence-corrected chi connectivity index (χ4v) is 4.72. The zero-order valence-corrected chi connectivity index (χ0v) is 14.1. The van der Waals surface area contributed by atoms with Crippen molar-refractivity contribution in [3.8, 4) is 0 Å². The molecule has 0 aromatic carbocycles. The highest BCUT2D eigenvalue weighted by molar-refractivity contribution is 6.60. The molecule has 6 heteroatoms. The van der Waals surface area contributed by atoms with E-state index >= 15 is 0 Å². The van der Waals surface area contributed by atoms with Gasteiger partial charge in [0.1, 0.15) is 0 Å². The molecule has 21 heavy (non-hydrogen) atoms. The first-order valence-electron chi connectivity index (χ1n) is 7.38.